The first-order chi connectivity index (χ1) is 9.31. The zero-order chi connectivity index (χ0) is 15.3. The summed E-state index contributed by atoms with van der Waals surface area (Å²) < 4.78 is 0. The Morgan fingerprint density at radius 3 is 2.35 bits per heavy atom. The van der Waals surface area contributed by atoms with E-state index in [1.54, 1.807) is 0 Å². The number of carboxylic acid groups (broad SMARTS) is 2. The van der Waals surface area contributed by atoms with Gasteiger partial charge < -0.3 is 25.7 Å². The fourth-order valence-corrected chi connectivity index (χ4v) is 1.47. The number of aliphatic carboxylic acids is 2. The van der Waals surface area contributed by atoms with Crippen molar-refractivity contribution in [2.75, 3.05) is 0 Å². The summed E-state index contributed by atoms with van der Waals surface area (Å²) in [6, 6.07) is 1.81. The number of aromatic hydroxyl groups is 2. The van der Waals surface area contributed by atoms with Gasteiger partial charge in [0.05, 0.1) is 5.56 Å². The van der Waals surface area contributed by atoms with Crippen molar-refractivity contribution < 1.29 is 34.8 Å². The van der Waals surface area contributed by atoms with Crippen molar-refractivity contribution in [3.8, 4) is 11.5 Å². The molecule has 0 saturated carbocycles. The molecule has 20 heavy (non-hydrogen) atoms. The fraction of sp³-hybridized carbons (Fsp3) is 0.250. The quantitative estimate of drug-likeness (QED) is 0.467. The molecule has 1 atom stereocenters. The lowest BCUT2D eigenvalue weighted by Gasteiger charge is -2.14. The summed E-state index contributed by atoms with van der Waals surface area (Å²) in [7, 11) is 0. The number of hydrogen-bond donors (Lipinski definition) is 5. The van der Waals surface area contributed by atoms with Gasteiger partial charge in [-0.1, -0.05) is 0 Å². The van der Waals surface area contributed by atoms with E-state index < -0.39 is 36.1 Å². The number of carboxylic acids is 2. The van der Waals surface area contributed by atoms with Gasteiger partial charge in [-0.25, -0.2) is 4.79 Å². The highest BCUT2D eigenvalue weighted by atomic mass is 16.4. The molecular formula is C12H13NO7. The molecule has 1 aromatic rings. The summed E-state index contributed by atoms with van der Waals surface area (Å²) in [5.74, 6) is -4.20. The Morgan fingerprint density at radius 2 is 1.80 bits per heavy atom. The predicted molar refractivity (Wildman–Crippen MR) is 65.5 cm³/mol. The molecule has 0 unspecified atom stereocenters. The van der Waals surface area contributed by atoms with E-state index in [9.17, 15) is 24.6 Å². The first-order valence-corrected chi connectivity index (χ1v) is 5.58. The van der Waals surface area contributed by atoms with Gasteiger partial charge in [0.2, 0.25) is 0 Å². The maximum absolute atomic E-state index is 11.8. The van der Waals surface area contributed by atoms with Crippen molar-refractivity contribution in [2.45, 2.75) is 18.9 Å². The number of hydrogen-bond acceptors (Lipinski definition) is 5. The molecule has 0 aliphatic carbocycles. The monoisotopic (exact) mass is 283 g/mol. The number of benzene rings is 1. The van der Waals surface area contributed by atoms with Gasteiger partial charge in [0.15, 0.2) is 0 Å². The Balaban J connectivity index is 2.82. The first-order valence-electron chi connectivity index (χ1n) is 5.58. The number of phenols is 2. The largest absolute Gasteiger partial charge is 0.508 e. The second kappa shape index (κ2) is 6.41. The predicted octanol–water partition coefficient (Wildman–Crippen LogP) is 0.146. The number of rotatable bonds is 6. The number of phenolic OH excluding ortho intramolecular Hbond substituents is 2. The molecule has 0 spiro atoms. The molecule has 0 fully saturated rings. The lowest BCUT2D eigenvalue weighted by atomic mass is 10.1. The molecule has 0 bridgehead atoms. The summed E-state index contributed by atoms with van der Waals surface area (Å²) in [6.45, 7) is 0. The summed E-state index contributed by atoms with van der Waals surface area (Å²) in [5.41, 5.74) is -0.299. The van der Waals surface area contributed by atoms with Crippen molar-refractivity contribution >= 4 is 17.8 Å². The van der Waals surface area contributed by atoms with Gasteiger partial charge in [-0.15, -0.1) is 0 Å². The molecule has 0 saturated heterocycles. The topological polar surface area (TPSA) is 144 Å². The third-order valence-corrected chi connectivity index (χ3v) is 2.48. The molecule has 1 aromatic carbocycles. The van der Waals surface area contributed by atoms with Crippen LogP contribution < -0.4 is 5.32 Å². The van der Waals surface area contributed by atoms with Crippen LogP contribution in [0.4, 0.5) is 0 Å². The van der Waals surface area contributed by atoms with Crippen LogP contribution in [-0.4, -0.2) is 44.3 Å². The third-order valence-electron chi connectivity index (χ3n) is 2.48. The van der Waals surface area contributed by atoms with E-state index in [-0.39, 0.29) is 17.7 Å². The average molecular weight is 283 g/mol. The molecule has 1 amide bonds. The Labute approximate surface area is 113 Å². The maximum atomic E-state index is 11.8. The van der Waals surface area contributed by atoms with Crippen molar-refractivity contribution in [2.24, 2.45) is 0 Å². The van der Waals surface area contributed by atoms with Crippen LogP contribution in [0.5, 0.6) is 11.5 Å². The highest BCUT2D eigenvalue weighted by Gasteiger charge is 2.23. The number of nitrogens with one attached hydrogen (secondary N) is 1. The van der Waals surface area contributed by atoms with Gasteiger partial charge in [-0.05, 0) is 24.6 Å². The number of carbonyl (C=O) groups is 3. The van der Waals surface area contributed by atoms with Crippen LogP contribution in [0.1, 0.15) is 23.2 Å². The van der Waals surface area contributed by atoms with Crippen LogP contribution in [0.25, 0.3) is 0 Å². The highest BCUT2D eigenvalue weighted by Crippen LogP contribution is 2.22. The van der Waals surface area contributed by atoms with Gasteiger partial charge in [0, 0.05) is 6.42 Å². The molecule has 0 heterocycles. The smallest absolute Gasteiger partial charge is 0.326 e. The maximum Gasteiger partial charge on any atom is 0.326 e. The van der Waals surface area contributed by atoms with Gasteiger partial charge in [-0.2, -0.15) is 0 Å². The van der Waals surface area contributed by atoms with E-state index in [4.69, 9.17) is 10.2 Å². The van der Waals surface area contributed by atoms with E-state index in [2.05, 4.69) is 5.32 Å². The summed E-state index contributed by atoms with van der Waals surface area (Å²) in [6.07, 6.45) is -0.723. The Morgan fingerprint density at radius 1 is 1.15 bits per heavy atom. The minimum Gasteiger partial charge on any atom is -0.508 e. The van der Waals surface area contributed by atoms with Crippen LogP contribution in [0, 0.1) is 0 Å². The van der Waals surface area contributed by atoms with Crippen molar-refractivity contribution in [3.05, 3.63) is 23.8 Å². The minimum absolute atomic E-state index is 0.273. The molecular weight excluding hydrogens is 270 g/mol. The molecule has 8 heteroatoms. The van der Waals surface area contributed by atoms with Gasteiger partial charge in [0.25, 0.3) is 5.91 Å². The van der Waals surface area contributed by atoms with E-state index in [0.717, 1.165) is 18.2 Å². The summed E-state index contributed by atoms with van der Waals surface area (Å²) >= 11 is 0. The van der Waals surface area contributed by atoms with Crippen molar-refractivity contribution in [3.63, 3.8) is 0 Å². The number of carbonyl (C=O) groups excluding carboxylic acids is 1. The van der Waals surface area contributed by atoms with E-state index >= 15 is 0 Å². The van der Waals surface area contributed by atoms with Crippen LogP contribution in [0.2, 0.25) is 0 Å². The normalized spacial score (nSPS) is 11.6. The average Bonchev–Trinajstić information content (AvgIpc) is 2.36. The van der Waals surface area contributed by atoms with E-state index in [0.29, 0.717) is 0 Å². The molecule has 0 aromatic heterocycles. The lowest BCUT2D eigenvalue weighted by Crippen LogP contribution is -2.41. The third kappa shape index (κ3) is 4.16. The van der Waals surface area contributed by atoms with Crippen LogP contribution in [0.15, 0.2) is 18.2 Å². The molecule has 0 aliphatic heterocycles. The second-order valence-corrected chi connectivity index (χ2v) is 4.00. The SMILES string of the molecule is O=C(O)CC[C@H](NC(=O)c1cc(O)ccc1O)C(=O)O. The molecule has 108 valence electrons. The Hall–Kier alpha value is -2.77. The summed E-state index contributed by atoms with van der Waals surface area (Å²) in [5, 5.41) is 38.1. The van der Waals surface area contributed by atoms with Gasteiger partial charge in [0.1, 0.15) is 17.5 Å². The molecule has 0 radical (unpaired) electrons. The lowest BCUT2D eigenvalue weighted by molar-refractivity contribution is -0.140. The van der Waals surface area contributed by atoms with Crippen LogP contribution >= 0.6 is 0 Å². The van der Waals surface area contributed by atoms with Crippen LogP contribution in [-0.2, 0) is 9.59 Å². The zero-order valence-electron chi connectivity index (χ0n) is 10.2. The molecule has 5 N–H and O–H groups in total. The number of amides is 1. The molecule has 1 rings (SSSR count). The van der Waals surface area contributed by atoms with Gasteiger partial charge >= 0.3 is 11.9 Å². The van der Waals surface area contributed by atoms with E-state index in [1.807, 2.05) is 0 Å². The molecule has 0 aliphatic rings. The van der Waals surface area contributed by atoms with Crippen LogP contribution in [0.3, 0.4) is 0 Å². The van der Waals surface area contributed by atoms with Crippen molar-refractivity contribution in [1.82, 2.24) is 5.32 Å². The molecule has 8 nitrogen and oxygen atoms in total. The van der Waals surface area contributed by atoms with Gasteiger partial charge in [-0.3, -0.25) is 9.59 Å². The summed E-state index contributed by atoms with van der Waals surface area (Å²) in [4.78, 5) is 33.1. The Kier molecular flexibility index (Phi) is 4.90. The minimum atomic E-state index is -1.40. The van der Waals surface area contributed by atoms with Crippen molar-refractivity contribution in [1.29, 1.82) is 0 Å². The standard InChI is InChI=1S/C12H13NO7/c14-6-1-3-9(15)7(5-6)11(18)13-8(12(19)20)2-4-10(16)17/h1,3,5,8,14-15H,2,4H2,(H,13,18)(H,16,17)(H,19,20)/t8-/m0/s1. The first kappa shape index (κ1) is 15.3. The van der Waals surface area contributed by atoms with E-state index in [1.165, 1.54) is 0 Å². The zero-order valence-corrected chi connectivity index (χ0v) is 10.2. The second-order valence-electron chi connectivity index (χ2n) is 4.00. The fourth-order valence-electron chi connectivity index (χ4n) is 1.47. The highest BCUT2D eigenvalue weighted by molar-refractivity contribution is 5.99. The Bertz CT molecular complexity index is 541.